The molecule has 3 N–H and O–H groups in total. The Morgan fingerprint density at radius 1 is 1.23 bits per heavy atom. The number of thiophene rings is 1. The number of aromatic amines is 1. The largest absolute Gasteiger partial charge is 0.487 e. The van der Waals surface area contributed by atoms with E-state index < -0.39 is 0 Å². The number of pyridine rings is 1. The predicted molar refractivity (Wildman–Crippen MR) is 172 cm³/mol. The molecule has 43 heavy (non-hydrogen) atoms. The summed E-state index contributed by atoms with van der Waals surface area (Å²) in [7, 11) is 1.90. The zero-order chi connectivity index (χ0) is 30.2. The van der Waals surface area contributed by atoms with Crippen molar-refractivity contribution in [3.8, 4) is 5.75 Å². The lowest BCUT2D eigenvalue weighted by atomic mass is 9.84. The van der Waals surface area contributed by atoms with E-state index in [1.807, 2.05) is 25.0 Å². The van der Waals surface area contributed by atoms with Gasteiger partial charge in [0.1, 0.15) is 11.9 Å². The van der Waals surface area contributed by atoms with Crippen molar-refractivity contribution in [2.75, 3.05) is 30.6 Å². The number of nitrogens with one attached hydrogen (secondary N) is 3. The number of hydrazine groups is 2. The molecule has 4 aromatic rings. The summed E-state index contributed by atoms with van der Waals surface area (Å²) in [5.41, 5.74) is 13.0. The minimum atomic E-state index is -0.273. The first-order valence-electron chi connectivity index (χ1n) is 14.6. The second-order valence-electron chi connectivity index (χ2n) is 11.2. The van der Waals surface area contributed by atoms with E-state index in [1.165, 1.54) is 10.8 Å². The molecule has 2 aromatic carbocycles. The number of carbonyl (C=O) groups excluding carboxylic acids is 1. The number of esters is 1. The van der Waals surface area contributed by atoms with Crippen LogP contribution in [0.1, 0.15) is 60.6 Å². The fraction of sp³-hybridized carbons (Fsp3) is 0.375. The molecule has 2 aliphatic heterocycles. The van der Waals surface area contributed by atoms with Crippen molar-refractivity contribution in [3.05, 3.63) is 85.1 Å². The fourth-order valence-corrected chi connectivity index (χ4v) is 7.41. The number of ether oxygens (including phenoxy) is 2. The number of hydrogen-bond acceptors (Lipinski definition) is 9. The Labute approximate surface area is 259 Å². The van der Waals surface area contributed by atoms with Crippen molar-refractivity contribution in [2.24, 2.45) is 0 Å². The standard InChI is InChI=1S/C32H36ClN5O4S/c1-5-22-16-38(17-26-27(42-22)7-8-28(39)34-26)15-21-12-20(11-19-9-10-43-32(19)21)24(14-29(40)41-6-2)23-13-25(33)31-30(18(23)3)35-36-37(31)4/h7-13,22,24,35-36H,5-6,14-17H2,1-4H3,(H,34,39)/t22-,24?/m1/s1. The SMILES string of the molecule is CCOC(=O)CC(c1cc(CN2Cc3[nH]c(=O)ccc3O[C@H](CC)C2)c2sccc2c1)c1cc(Cl)c2c(c1C)NNN2C. The van der Waals surface area contributed by atoms with Crippen molar-refractivity contribution in [1.82, 2.24) is 15.4 Å². The lowest BCUT2D eigenvalue weighted by molar-refractivity contribution is -0.143. The fourth-order valence-electron chi connectivity index (χ4n) is 6.19. The van der Waals surface area contributed by atoms with Crippen LogP contribution in [0.4, 0.5) is 11.4 Å². The first-order chi connectivity index (χ1) is 20.7. The summed E-state index contributed by atoms with van der Waals surface area (Å²) in [5, 5.41) is 5.69. The first-order valence-corrected chi connectivity index (χ1v) is 15.9. The molecule has 9 nitrogen and oxygen atoms in total. The molecule has 0 spiro atoms. The van der Waals surface area contributed by atoms with Crippen LogP contribution in [0.25, 0.3) is 10.1 Å². The van der Waals surface area contributed by atoms with Crippen LogP contribution in [-0.2, 0) is 22.6 Å². The van der Waals surface area contributed by atoms with Gasteiger partial charge in [-0.1, -0.05) is 24.6 Å². The van der Waals surface area contributed by atoms with Crippen molar-refractivity contribution >= 4 is 50.4 Å². The zero-order valence-corrected chi connectivity index (χ0v) is 26.3. The Hall–Kier alpha value is -3.57. The molecule has 0 saturated heterocycles. The van der Waals surface area contributed by atoms with Gasteiger partial charge in [-0.15, -0.1) is 16.9 Å². The molecular formula is C32H36ClN5O4S. The van der Waals surface area contributed by atoms with E-state index in [9.17, 15) is 9.59 Å². The summed E-state index contributed by atoms with van der Waals surface area (Å²) in [4.78, 5) is 30.5. The molecule has 6 rings (SSSR count). The maximum atomic E-state index is 13.0. The van der Waals surface area contributed by atoms with Gasteiger partial charge in [-0.05, 0) is 77.6 Å². The van der Waals surface area contributed by atoms with Crippen molar-refractivity contribution in [1.29, 1.82) is 0 Å². The van der Waals surface area contributed by atoms with E-state index in [4.69, 9.17) is 21.1 Å². The number of aromatic nitrogens is 1. The van der Waals surface area contributed by atoms with E-state index in [0.717, 1.165) is 63.4 Å². The highest BCUT2D eigenvalue weighted by Crippen LogP contribution is 2.45. The maximum Gasteiger partial charge on any atom is 0.306 e. The highest BCUT2D eigenvalue weighted by molar-refractivity contribution is 7.17. The highest BCUT2D eigenvalue weighted by Gasteiger charge is 2.30. The Balaban J connectivity index is 1.43. The van der Waals surface area contributed by atoms with Crippen LogP contribution in [0, 0.1) is 6.92 Å². The third kappa shape index (κ3) is 5.84. The van der Waals surface area contributed by atoms with Crippen molar-refractivity contribution < 1.29 is 14.3 Å². The molecule has 0 radical (unpaired) electrons. The Kier molecular flexibility index (Phi) is 8.37. The molecule has 0 aliphatic carbocycles. The number of halogens is 1. The van der Waals surface area contributed by atoms with Gasteiger partial charge < -0.3 is 19.9 Å². The molecule has 0 saturated carbocycles. The van der Waals surface area contributed by atoms with E-state index in [1.54, 1.807) is 17.4 Å². The maximum absolute atomic E-state index is 13.0. The van der Waals surface area contributed by atoms with Crippen LogP contribution in [0.3, 0.4) is 0 Å². The zero-order valence-electron chi connectivity index (χ0n) is 24.8. The predicted octanol–water partition coefficient (Wildman–Crippen LogP) is 6.09. The summed E-state index contributed by atoms with van der Waals surface area (Å²) in [5.74, 6) is 0.205. The normalized spacial score (nSPS) is 17.1. The number of rotatable bonds is 8. The van der Waals surface area contributed by atoms with E-state index in [-0.39, 0.29) is 30.0 Å². The van der Waals surface area contributed by atoms with E-state index in [0.29, 0.717) is 24.7 Å². The number of nitrogens with zero attached hydrogens (tertiary/aromatic N) is 2. The van der Waals surface area contributed by atoms with E-state index in [2.05, 4.69) is 58.3 Å². The Bertz CT molecular complexity index is 1740. The number of carbonyl (C=O) groups is 1. The summed E-state index contributed by atoms with van der Waals surface area (Å²) < 4.78 is 12.9. The average Bonchev–Trinajstić information content (AvgIpc) is 3.57. The minimum absolute atomic E-state index is 0.00108. The summed E-state index contributed by atoms with van der Waals surface area (Å²) in [6.45, 7) is 8.27. The summed E-state index contributed by atoms with van der Waals surface area (Å²) >= 11 is 8.53. The number of H-pyrrole nitrogens is 1. The van der Waals surface area contributed by atoms with Crippen molar-refractivity contribution in [2.45, 2.75) is 58.7 Å². The number of benzene rings is 2. The first kappa shape index (κ1) is 29.5. The molecule has 0 amide bonds. The summed E-state index contributed by atoms with van der Waals surface area (Å²) in [6.07, 6.45) is 1.04. The lowest BCUT2D eigenvalue weighted by Gasteiger charge is -2.25. The van der Waals surface area contributed by atoms with Gasteiger partial charge in [0.05, 0.1) is 35.1 Å². The van der Waals surface area contributed by atoms with Crippen LogP contribution >= 0.6 is 22.9 Å². The highest BCUT2D eigenvalue weighted by atomic mass is 35.5. The van der Waals surface area contributed by atoms with Gasteiger partial charge in [-0.3, -0.25) is 19.5 Å². The molecular weight excluding hydrogens is 586 g/mol. The van der Waals surface area contributed by atoms with Gasteiger partial charge in [0.25, 0.3) is 0 Å². The number of hydrogen-bond donors (Lipinski definition) is 3. The monoisotopic (exact) mass is 621 g/mol. The van der Waals surface area contributed by atoms with Gasteiger partial charge in [-0.25, -0.2) is 0 Å². The van der Waals surface area contributed by atoms with Gasteiger partial charge in [0, 0.05) is 43.4 Å². The average molecular weight is 622 g/mol. The topological polar surface area (TPSA) is 98.9 Å². The van der Waals surface area contributed by atoms with Crippen molar-refractivity contribution in [3.63, 3.8) is 0 Å². The molecule has 1 unspecified atom stereocenters. The second-order valence-corrected chi connectivity index (χ2v) is 12.5. The number of anilines is 2. The van der Waals surface area contributed by atoms with Crippen LogP contribution in [0.2, 0.25) is 5.02 Å². The van der Waals surface area contributed by atoms with Crippen LogP contribution in [0.15, 0.2) is 46.6 Å². The molecule has 2 aromatic heterocycles. The third-order valence-corrected chi connectivity index (χ3v) is 9.58. The molecule has 4 heterocycles. The molecule has 11 heteroatoms. The second kappa shape index (κ2) is 12.2. The smallest absolute Gasteiger partial charge is 0.306 e. The van der Waals surface area contributed by atoms with Crippen LogP contribution in [0.5, 0.6) is 5.75 Å². The molecule has 0 fully saturated rings. The molecule has 2 aliphatic rings. The van der Waals surface area contributed by atoms with E-state index >= 15 is 0 Å². The lowest BCUT2D eigenvalue weighted by Crippen LogP contribution is -2.32. The molecule has 2 atom stereocenters. The van der Waals surface area contributed by atoms with Crippen LogP contribution < -0.4 is 26.3 Å². The van der Waals surface area contributed by atoms with Gasteiger partial charge in [0.2, 0.25) is 5.56 Å². The molecule has 0 bridgehead atoms. The Morgan fingerprint density at radius 2 is 2.07 bits per heavy atom. The number of fused-ring (bicyclic) bond motifs is 3. The Morgan fingerprint density at radius 3 is 2.86 bits per heavy atom. The quantitative estimate of drug-likeness (QED) is 0.203. The van der Waals surface area contributed by atoms with Crippen LogP contribution in [-0.4, -0.2) is 42.2 Å². The minimum Gasteiger partial charge on any atom is -0.487 e. The van der Waals surface area contributed by atoms with Gasteiger partial charge in [0.15, 0.2) is 0 Å². The van der Waals surface area contributed by atoms with Gasteiger partial charge >= 0.3 is 5.97 Å². The molecule has 226 valence electrons. The summed E-state index contributed by atoms with van der Waals surface area (Å²) in [6, 6.07) is 11.8. The van der Waals surface area contributed by atoms with Gasteiger partial charge in [-0.2, -0.15) is 0 Å². The third-order valence-electron chi connectivity index (χ3n) is 8.29.